The molecule has 8 atom stereocenters. The second-order valence-corrected chi connectivity index (χ2v) is 6.11. The Labute approximate surface area is 140 Å². The third kappa shape index (κ3) is 2.68. The molecule has 0 radical (unpaired) electrons. The maximum Gasteiger partial charge on any atom is 0.221 e. The number of nitrogens with zero attached hydrogens (tertiary/aromatic N) is 3. The summed E-state index contributed by atoms with van der Waals surface area (Å²) in [6.45, 7) is -1.92. The van der Waals surface area contributed by atoms with E-state index in [9.17, 15) is 30.0 Å². The molecule has 0 bridgehead atoms. The maximum absolute atomic E-state index is 11.2. The van der Waals surface area contributed by atoms with Crippen molar-refractivity contribution in [2.75, 3.05) is 26.4 Å². The van der Waals surface area contributed by atoms with Gasteiger partial charge in [-0.1, -0.05) is 15.5 Å². The summed E-state index contributed by atoms with van der Waals surface area (Å²) < 4.78 is 21.8. The lowest BCUT2D eigenvalue weighted by Crippen LogP contribution is -2.68. The van der Waals surface area contributed by atoms with Crippen molar-refractivity contribution in [2.24, 2.45) is 15.5 Å². The fourth-order valence-corrected chi connectivity index (χ4v) is 3.30. The molecule has 3 fully saturated rings. The molecule has 3 rings (SSSR count). The van der Waals surface area contributed by atoms with Gasteiger partial charge >= 0.3 is 0 Å². The van der Waals surface area contributed by atoms with Crippen LogP contribution in [0.25, 0.3) is 0 Å². The summed E-state index contributed by atoms with van der Waals surface area (Å²) in [4.78, 5) is 33.0. The minimum atomic E-state index is -1.80. The Balaban J connectivity index is 1.80. The Hall–Kier alpha value is -1.48. The number of ether oxygens (including phenoxy) is 4. The van der Waals surface area contributed by atoms with Crippen LogP contribution in [0, 0.1) is 14.7 Å². The number of aliphatic hydroxyl groups excluding tert-OH is 3. The summed E-state index contributed by atoms with van der Waals surface area (Å²) in [5, 5.41) is 37.4. The number of rotatable bonds is 4. The van der Waals surface area contributed by atoms with E-state index in [1.54, 1.807) is 0 Å². The van der Waals surface area contributed by atoms with Crippen molar-refractivity contribution in [1.29, 1.82) is 0 Å². The van der Waals surface area contributed by atoms with Gasteiger partial charge in [0.05, 0.1) is 13.2 Å². The Morgan fingerprint density at radius 1 is 0.920 bits per heavy atom. The van der Waals surface area contributed by atoms with Gasteiger partial charge in [-0.3, -0.25) is 0 Å². The van der Waals surface area contributed by atoms with E-state index in [2.05, 4.69) is 15.5 Å². The first-order chi connectivity index (χ1) is 12.0. The van der Waals surface area contributed by atoms with Gasteiger partial charge in [-0.05, 0) is 0 Å². The van der Waals surface area contributed by atoms with E-state index in [0.717, 1.165) is 0 Å². The molecule has 2 spiro atoms. The van der Waals surface area contributed by atoms with Crippen LogP contribution in [0.3, 0.4) is 0 Å². The van der Waals surface area contributed by atoms with Crippen molar-refractivity contribution < 1.29 is 34.3 Å². The van der Waals surface area contributed by atoms with Crippen molar-refractivity contribution in [1.82, 2.24) is 0 Å². The third-order valence-corrected chi connectivity index (χ3v) is 4.74. The third-order valence-electron chi connectivity index (χ3n) is 4.74. The fourth-order valence-electron chi connectivity index (χ4n) is 3.30. The molecule has 25 heavy (non-hydrogen) atoms. The average molecular weight is 363 g/mol. The minimum Gasteiger partial charge on any atom is -0.394 e. The summed E-state index contributed by atoms with van der Waals surface area (Å²) in [5.74, 6) is -3.59. The predicted octanol–water partition coefficient (Wildman–Crippen LogP) is -2.03. The highest BCUT2D eigenvalue weighted by Gasteiger charge is 2.64. The Morgan fingerprint density at radius 2 is 1.56 bits per heavy atom. The molecule has 0 amide bonds. The zero-order valence-electron chi connectivity index (χ0n) is 12.8. The van der Waals surface area contributed by atoms with Gasteiger partial charge in [0, 0.05) is 0 Å². The lowest BCUT2D eigenvalue weighted by atomic mass is 9.92. The van der Waals surface area contributed by atoms with Crippen LogP contribution in [0.2, 0.25) is 0 Å². The molecule has 3 saturated heterocycles. The summed E-state index contributed by atoms with van der Waals surface area (Å²) in [7, 11) is 0. The molecule has 13 nitrogen and oxygen atoms in total. The van der Waals surface area contributed by atoms with E-state index in [1.165, 1.54) is 0 Å². The zero-order chi connectivity index (χ0) is 18.2. The van der Waals surface area contributed by atoms with Crippen LogP contribution < -0.4 is 0 Å². The topological polar surface area (TPSA) is 186 Å². The highest BCUT2D eigenvalue weighted by atomic mass is 16.8. The highest BCUT2D eigenvalue weighted by Crippen LogP contribution is 2.42. The van der Waals surface area contributed by atoms with Gasteiger partial charge in [-0.2, -0.15) is 14.7 Å². The van der Waals surface area contributed by atoms with Gasteiger partial charge in [0.2, 0.25) is 11.6 Å². The highest BCUT2D eigenvalue weighted by molar-refractivity contribution is 5.07. The monoisotopic (exact) mass is 363 g/mol. The second kappa shape index (κ2) is 6.68. The van der Waals surface area contributed by atoms with E-state index in [1.807, 2.05) is 0 Å². The first kappa shape index (κ1) is 18.3. The Kier molecular flexibility index (Phi) is 4.89. The molecule has 4 unspecified atom stereocenters. The maximum atomic E-state index is 11.2. The van der Waals surface area contributed by atoms with E-state index < -0.39 is 67.8 Å². The van der Waals surface area contributed by atoms with Crippen LogP contribution in [0.15, 0.2) is 15.5 Å². The van der Waals surface area contributed by atoms with Gasteiger partial charge in [0.25, 0.3) is 0 Å². The zero-order valence-corrected chi connectivity index (χ0v) is 12.8. The summed E-state index contributed by atoms with van der Waals surface area (Å²) in [6, 6.07) is -4.16. The summed E-state index contributed by atoms with van der Waals surface area (Å²) in [6.07, 6.45) is -3.96. The minimum absolute atomic E-state index is 0.347. The molecule has 0 aromatic carbocycles. The summed E-state index contributed by atoms with van der Waals surface area (Å²) >= 11 is 0. The quantitative estimate of drug-likeness (QED) is 0.470. The first-order valence-electron chi connectivity index (χ1n) is 7.51. The van der Waals surface area contributed by atoms with Crippen molar-refractivity contribution in [3.8, 4) is 0 Å². The largest absolute Gasteiger partial charge is 0.394 e. The standard InChI is InChI=1S/C12H17N3O10/c16-1-6-8(14-20)10(18)12(25-6)4-23-11(3-24-12)9(15-21)7(13-19)5(17)2-22-11/h5-10,16-18H,1-4H2/t5-,6-,7?,8?,9?,10?,11+,12-/m1/s1. The molecule has 140 valence electrons. The van der Waals surface area contributed by atoms with E-state index in [-0.39, 0.29) is 6.61 Å². The van der Waals surface area contributed by atoms with Gasteiger partial charge in [-0.15, -0.1) is 0 Å². The Morgan fingerprint density at radius 3 is 2.04 bits per heavy atom. The lowest BCUT2D eigenvalue weighted by molar-refractivity contribution is -0.408. The summed E-state index contributed by atoms with van der Waals surface area (Å²) in [5.41, 5.74) is 0. The molecule has 13 heteroatoms. The molecule has 0 saturated carbocycles. The normalized spacial score (nSPS) is 50.0. The fraction of sp³-hybridized carbons (Fsp3) is 1.00. The second-order valence-electron chi connectivity index (χ2n) is 6.11. The van der Waals surface area contributed by atoms with Gasteiger partial charge < -0.3 is 34.3 Å². The van der Waals surface area contributed by atoms with Gasteiger partial charge in [-0.25, -0.2) is 0 Å². The molecule has 0 aliphatic carbocycles. The van der Waals surface area contributed by atoms with Crippen LogP contribution in [0.5, 0.6) is 0 Å². The molecule has 0 aromatic rings. The lowest BCUT2D eigenvalue weighted by Gasteiger charge is -2.49. The molecule has 3 heterocycles. The smallest absolute Gasteiger partial charge is 0.221 e. The molecule has 3 aliphatic rings. The predicted molar refractivity (Wildman–Crippen MR) is 76.0 cm³/mol. The van der Waals surface area contributed by atoms with Crippen LogP contribution in [-0.2, 0) is 18.9 Å². The Bertz CT molecular complexity index is 539. The van der Waals surface area contributed by atoms with Crippen LogP contribution >= 0.6 is 0 Å². The number of aliphatic hydroxyl groups is 3. The van der Waals surface area contributed by atoms with E-state index >= 15 is 0 Å². The van der Waals surface area contributed by atoms with Crippen LogP contribution in [-0.4, -0.2) is 89.8 Å². The van der Waals surface area contributed by atoms with Crippen molar-refractivity contribution in [3.63, 3.8) is 0 Å². The van der Waals surface area contributed by atoms with Crippen molar-refractivity contribution in [2.45, 2.75) is 48.0 Å². The van der Waals surface area contributed by atoms with Crippen molar-refractivity contribution in [3.05, 3.63) is 14.7 Å². The number of hydrogen-bond donors (Lipinski definition) is 3. The van der Waals surface area contributed by atoms with Crippen LogP contribution in [0.1, 0.15) is 0 Å². The van der Waals surface area contributed by atoms with Gasteiger partial charge in [0.1, 0.15) is 31.5 Å². The molecule has 0 aromatic heterocycles. The van der Waals surface area contributed by atoms with E-state index in [0.29, 0.717) is 0 Å². The van der Waals surface area contributed by atoms with E-state index in [4.69, 9.17) is 18.9 Å². The SMILES string of the molecule is O=NC1C(N=O)[C@@]2(CO[C@]3(CO2)O[C@H](CO)C(N=O)C3O)OC[C@H]1O. The first-order valence-corrected chi connectivity index (χ1v) is 7.51. The average Bonchev–Trinajstić information content (AvgIpc) is 2.90. The van der Waals surface area contributed by atoms with Crippen LogP contribution in [0.4, 0.5) is 0 Å². The molecular weight excluding hydrogens is 346 g/mol. The molecule has 3 N–H and O–H groups in total. The van der Waals surface area contributed by atoms with Crippen molar-refractivity contribution >= 4 is 0 Å². The number of nitroso groups, excluding NO2 is 3. The number of hydrogen-bond acceptors (Lipinski definition) is 13. The molecule has 3 aliphatic heterocycles. The molecular formula is C12H17N3O10. The van der Waals surface area contributed by atoms with Gasteiger partial charge in [0.15, 0.2) is 18.1 Å².